The van der Waals surface area contributed by atoms with E-state index in [4.69, 9.17) is 0 Å². The van der Waals surface area contributed by atoms with Crippen molar-refractivity contribution < 1.29 is 4.79 Å². The number of hydrogen-bond donors (Lipinski definition) is 1. The van der Waals surface area contributed by atoms with Gasteiger partial charge in [-0.05, 0) is 18.9 Å². The first kappa shape index (κ1) is 11.7. The molecule has 1 aliphatic rings. The van der Waals surface area contributed by atoms with Gasteiger partial charge in [-0.1, -0.05) is 33.1 Å². The molecule has 1 saturated carbocycles. The lowest BCUT2D eigenvalue weighted by Crippen LogP contribution is -2.24. The van der Waals surface area contributed by atoms with Gasteiger partial charge >= 0.3 is 0 Å². The molecule has 0 aromatic rings. The Morgan fingerprint density at radius 2 is 2.14 bits per heavy atom. The van der Waals surface area contributed by atoms with Crippen molar-refractivity contribution in [3.8, 4) is 0 Å². The molecule has 14 heavy (non-hydrogen) atoms. The van der Waals surface area contributed by atoms with Crippen LogP contribution in [-0.4, -0.2) is 18.4 Å². The van der Waals surface area contributed by atoms with Crippen LogP contribution in [-0.2, 0) is 4.79 Å². The first-order chi connectivity index (χ1) is 6.68. The summed E-state index contributed by atoms with van der Waals surface area (Å²) in [6, 6.07) is 0.539. The highest BCUT2D eigenvalue weighted by Crippen LogP contribution is 2.29. The van der Waals surface area contributed by atoms with Gasteiger partial charge in [0.25, 0.3) is 0 Å². The molecule has 1 fully saturated rings. The van der Waals surface area contributed by atoms with E-state index in [1.54, 1.807) is 0 Å². The molecule has 82 valence electrons. The van der Waals surface area contributed by atoms with E-state index in [9.17, 15) is 4.79 Å². The first-order valence-electron chi connectivity index (χ1n) is 5.93. The summed E-state index contributed by atoms with van der Waals surface area (Å²) >= 11 is 0. The number of ketones is 1. The zero-order valence-corrected chi connectivity index (χ0v) is 9.51. The number of nitrogens with one attached hydrogen (secondary N) is 1. The summed E-state index contributed by atoms with van der Waals surface area (Å²) in [6.45, 7) is 5.25. The second kappa shape index (κ2) is 6.18. The molecule has 0 heterocycles. The molecule has 0 aromatic carbocycles. The Hall–Kier alpha value is -0.370. The minimum atomic E-state index is 0.472. The molecule has 0 saturated heterocycles. The van der Waals surface area contributed by atoms with Crippen molar-refractivity contribution in [2.75, 3.05) is 6.54 Å². The predicted molar refractivity (Wildman–Crippen MR) is 59.3 cm³/mol. The molecule has 1 N–H and O–H groups in total. The molecule has 0 spiro atoms. The van der Waals surface area contributed by atoms with Crippen molar-refractivity contribution in [3.05, 3.63) is 0 Å². The molecular weight excluding hydrogens is 174 g/mol. The zero-order chi connectivity index (χ0) is 10.4. The minimum absolute atomic E-state index is 0.472. The Kier molecular flexibility index (Phi) is 5.16. The number of carbonyl (C=O) groups excluding carboxylic acids is 1. The van der Waals surface area contributed by atoms with Crippen LogP contribution < -0.4 is 5.32 Å². The highest BCUT2D eigenvalue weighted by molar-refractivity contribution is 5.78. The predicted octanol–water partition coefficient (Wildman–Crippen LogP) is 2.52. The maximum absolute atomic E-state index is 11.5. The van der Waals surface area contributed by atoms with Crippen LogP contribution in [0.1, 0.15) is 52.4 Å². The van der Waals surface area contributed by atoms with Crippen LogP contribution in [0.25, 0.3) is 0 Å². The topological polar surface area (TPSA) is 29.1 Å². The van der Waals surface area contributed by atoms with Gasteiger partial charge in [0.2, 0.25) is 0 Å². The van der Waals surface area contributed by atoms with Crippen molar-refractivity contribution in [1.29, 1.82) is 0 Å². The second-order valence-corrected chi connectivity index (χ2v) is 4.75. The lowest BCUT2D eigenvalue weighted by atomic mass is 9.81. The summed E-state index contributed by atoms with van der Waals surface area (Å²) in [4.78, 5) is 11.5. The fourth-order valence-electron chi connectivity index (χ4n) is 1.80. The number of rotatable bonds is 7. The van der Waals surface area contributed by atoms with Crippen molar-refractivity contribution in [2.24, 2.45) is 5.92 Å². The molecule has 0 bridgehead atoms. The van der Waals surface area contributed by atoms with Gasteiger partial charge in [0.15, 0.2) is 0 Å². The third-order valence-corrected chi connectivity index (χ3v) is 2.93. The fraction of sp³-hybridized carbons (Fsp3) is 0.917. The van der Waals surface area contributed by atoms with E-state index >= 15 is 0 Å². The Bertz CT molecular complexity index is 173. The Balaban J connectivity index is 1.92. The molecule has 0 amide bonds. The maximum atomic E-state index is 11.5. The minimum Gasteiger partial charge on any atom is -0.315 e. The first-order valence-corrected chi connectivity index (χ1v) is 5.93. The highest BCUT2D eigenvalue weighted by Gasteiger charge is 2.19. The van der Waals surface area contributed by atoms with Crippen LogP contribution >= 0.6 is 0 Å². The SMILES string of the molecule is CC(C)NCCCC(=O)CC1CCC1. The average molecular weight is 197 g/mol. The van der Waals surface area contributed by atoms with Crippen molar-refractivity contribution in [2.45, 2.75) is 58.4 Å². The Morgan fingerprint density at radius 1 is 1.43 bits per heavy atom. The van der Waals surface area contributed by atoms with Gasteiger partial charge in [-0.15, -0.1) is 0 Å². The lowest BCUT2D eigenvalue weighted by molar-refractivity contribution is -0.120. The highest BCUT2D eigenvalue weighted by atomic mass is 16.1. The molecular formula is C12H23NO. The van der Waals surface area contributed by atoms with E-state index in [1.165, 1.54) is 19.3 Å². The molecule has 1 rings (SSSR count). The van der Waals surface area contributed by atoms with Gasteiger partial charge in [-0.3, -0.25) is 4.79 Å². The average Bonchev–Trinajstić information content (AvgIpc) is 2.05. The van der Waals surface area contributed by atoms with E-state index in [2.05, 4.69) is 19.2 Å². The van der Waals surface area contributed by atoms with Crippen molar-refractivity contribution >= 4 is 5.78 Å². The zero-order valence-electron chi connectivity index (χ0n) is 9.51. The van der Waals surface area contributed by atoms with Crippen LogP contribution in [0.4, 0.5) is 0 Å². The molecule has 0 atom stereocenters. The van der Waals surface area contributed by atoms with Crippen LogP contribution in [0.5, 0.6) is 0 Å². The Morgan fingerprint density at radius 3 is 2.64 bits per heavy atom. The molecule has 1 aliphatic carbocycles. The molecule has 0 radical (unpaired) electrons. The van der Waals surface area contributed by atoms with E-state index in [1.807, 2.05) is 0 Å². The Labute approximate surface area is 87.5 Å². The summed E-state index contributed by atoms with van der Waals surface area (Å²) in [5, 5.41) is 3.33. The second-order valence-electron chi connectivity index (χ2n) is 4.75. The van der Waals surface area contributed by atoms with Crippen molar-refractivity contribution in [3.63, 3.8) is 0 Å². The molecule has 0 unspecified atom stereocenters. The third kappa shape index (κ3) is 4.75. The largest absolute Gasteiger partial charge is 0.315 e. The normalized spacial score (nSPS) is 17.1. The van der Waals surface area contributed by atoms with Crippen LogP contribution in [0.15, 0.2) is 0 Å². The maximum Gasteiger partial charge on any atom is 0.133 e. The summed E-state index contributed by atoms with van der Waals surface area (Å²) in [5.41, 5.74) is 0. The van der Waals surface area contributed by atoms with Crippen molar-refractivity contribution in [1.82, 2.24) is 5.32 Å². The van der Waals surface area contributed by atoms with Gasteiger partial charge in [0.1, 0.15) is 5.78 Å². The van der Waals surface area contributed by atoms with Gasteiger partial charge in [-0.25, -0.2) is 0 Å². The number of carbonyl (C=O) groups is 1. The van der Waals surface area contributed by atoms with Gasteiger partial charge < -0.3 is 5.32 Å². The van der Waals surface area contributed by atoms with Gasteiger partial charge in [0.05, 0.1) is 0 Å². The van der Waals surface area contributed by atoms with Gasteiger partial charge in [-0.2, -0.15) is 0 Å². The van der Waals surface area contributed by atoms with Gasteiger partial charge in [0, 0.05) is 18.9 Å². The summed E-state index contributed by atoms with van der Waals surface area (Å²) in [6.07, 6.45) is 6.54. The standard InChI is InChI=1S/C12H23NO/c1-10(2)13-8-4-7-12(14)9-11-5-3-6-11/h10-11,13H,3-9H2,1-2H3. The van der Waals surface area contributed by atoms with E-state index < -0.39 is 0 Å². The monoisotopic (exact) mass is 197 g/mol. The lowest BCUT2D eigenvalue weighted by Gasteiger charge is -2.24. The summed E-state index contributed by atoms with van der Waals surface area (Å²) in [7, 11) is 0. The van der Waals surface area contributed by atoms with E-state index in [0.717, 1.165) is 31.7 Å². The molecule has 0 aromatic heterocycles. The van der Waals surface area contributed by atoms with Crippen LogP contribution in [0, 0.1) is 5.92 Å². The van der Waals surface area contributed by atoms with E-state index in [-0.39, 0.29) is 0 Å². The van der Waals surface area contributed by atoms with E-state index in [0.29, 0.717) is 11.8 Å². The fourth-order valence-corrected chi connectivity index (χ4v) is 1.80. The smallest absolute Gasteiger partial charge is 0.133 e. The summed E-state index contributed by atoms with van der Waals surface area (Å²) in [5.74, 6) is 1.21. The molecule has 2 heteroatoms. The molecule has 0 aliphatic heterocycles. The summed E-state index contributed by atoms with van der Waals surface area (Å²) < 4.78 is 0. The van der Waals surface area contributed by atoms with Crippen LogP contribution in [0.2, 0.25) is 0 Å². The number of hydrogen-bond acceptors (Lipinski definition) is 2. The molecule has 2 nitrogen and oxygen atoms in total. The number of Topliss-reactive ketones (excluding diaryl/α,β-unsaturated/α-hetero) is 1. The quantitative estimate of drug-likeness (QED) is 0.635. The third-order valence-electron chi connectivity index (χ3n) is 2.93. The van der Waals surface area contributed by atoms with Crippen LogP contribution in [0.3, 0.4) is 0 Å².